The van der Waals surface area contributed by atoms with E-state index < -0.39 is 7.67 Å². The lowest BCUT2D eigenvalue weighted by Crippen LogP contribution is -2.24. The van der Waals surface area contributed by atoms with Crippen molar-refractivity contribution in [1.82, 2.24) is 4.67 Å². The predicted molar refractivity (Wildman–Crippen MR) is 67.6 cm³/mol. The Hall–Kier alpha value is -0.830. The van der Waals surface area contributed by atoms with Gasteiger partial charge >= 0.3 is 7.67 Å². The fourth-order valence-electron chi connectivity index (χ4n) is 1.50. The fourth-order valence-corrected chi connectivity index (χ4v) is 3.19. The van der Waals surface area contributed by atoms with Crippen LogP contribution in [-0.4, -0.2) is 24.9 Å². The quantitative estimate of drug-likeness (QED) is 0.778. The topological polar surface area (TPSA) is 41.6 Å². The molecule has 1 unspecified atom stereocenters. The first-order chi connectivity index (χ1) is 7.66. The van der Waals surface area contributed by atoms with E-state index in [1.807, 2.05) is 44.2 Å². The zero-order chi connectivity index (χ0) is 12.0. The highest BCUT2D eigenvalue weighted by atomic mass is 31.2. The number of rotatable bonds is 6. The summed E-state index contributed by atoms with van der Waals surface area (Å²) in [6, 6.07) is 9.44. The molecular formula is C11H19N2O2P. The van der Waals surface area contributed by atoms with Crippen LogP contribution in [0.1, 0.15) is 13.8 Å². The molecule has 1 aromatic rings. The van der Waals surface area contributed by atoms with Crippen LogP contribution in [0.3, 0.4) is 0 Å². The first-order valence-electron chi connectivity index (χ1n) is 5.40. The van der Waals surface area contributed by atoms with Crippen LogP contribution in [0.25, 0.3) is 0 Å². The third-order valence-corrected chi connectivity index (χ3v) is 4.74. The van der Waals surface area contributed by atoms with E-state index in [2.05, 4.69) is 5.09 Å². The van der Waals surface area contributed by atoms with E-state index in [1.54, 1.807) is 4.67 Å². The second-order valence-electron chi connectivity index (χ2n) is 3.32. The number of nitrogens with zero attached hydrogens (tertiary/aromatic N) is 1. The van der Waals surface area contributed by atoms with Gasteiger partial charge in [0, 0.05) is 25.9 Å². The Labute approximate surface area is 97.2 Å². The number of nitrogens with one attached hydrogen (secondary N) is 1. The molecule has 0 amide bonds. The normalized spacial score (nSPS) is 14.8. The molecule has 5 heteroatoms. The zero-order valence-corrected chi connectivity index (χ0v) is 10.9. The number of para-hydroxylation sites is 1. The van der Waals surface area contributed by atoms with Gasteiger partial charge in [0.1, 0.15) is 0 Å². The van der Waals surface area contributed by atoms with Crippen LogP contribution in [0.15, 0.2) is 30.3 Å². The monoisotopic (exact) mass is 242 g/mol. The van der Waals surface area contributed by atoms with Gasteiger partial charge in [-0.25, -0.2) is 9.24 Å². The van der Waals surface area contributed by atoms with Crippen molar-refractivity contribution in [3.63, 3.8) is 0 Å². The highest BCUT2D eigenvalue weighted by Gasteiger charge is 2.28. The molecule has 0 radical (unpaired) electrons. The molecule has 0 aromatic heterocycles. The summed E-state index contributed by atoms with van der Waals surface area (Å²) in [7, 11) is -1.48. The van der Waals surface area contributed by atoms with E-state index in [0.29, 0.717) is 13.1 Å². The van der Waals surface area contributed by atoms with Gasteiger partial charge in [0.25, 0.3) is 0 Å². The first-order valence-corrected chi connectivity index (χ1v) is 6.98. The standard InChI is InChI=1S/C11H19N2O2P/c1-4-13(5-2)16(14,15-3)12-11-9-7-6-8-10-11/h6-10H,4-5H2,1-3H3,(H,12,14). The molecule has 1 atom stereocenters. The van der Waals surface area contributed by atoms with Crippen molar-refractivity contribution < 1.29 is 9.09 Å². The largest absolute Gasteiger partial charge is 0.368 e. The Morgan fingerprint density at radius 3 is 2.25 bits per heavy atom. The number of hydrogen-bond donors (Lipinski definition) is 1. The Morgan fingerprint density at radius 2 is 1.81 bits per heavy atom. The third-order valence-electron chi connectivity index (χ3n) is 2.39. The molecule has 0 fully saturated rings. The molecule has 1 rings (SSSR count). The minimum absolute atomic E-state index is 0.682. The summed E-state index contributed by atoms with van der Waals surface area (Å²) < 4.78 is 19.5. The Bertz CT molecular complexity index is 352. The van der Waals surface area contributed by atoms with Crippen LogP contribution in [0.2, 0.25) is 0 Å². The van der Waals surface area contributed by atoms with Crippen molar-refractivity contribution in [3.05, 3.63) is 30.3 Å². The van der Waals surface area contributed by atoms with Gasteiger partial charge in [0.2, 0.25) is 0 Å². The van der Waals surface area contributed by atoms with Crippen molar-refractivity contribution in [2.24, 2.45) is 0 Å². The number of anilines is 1. The van der Waals surface area contributed by atoms with Crippen LogP contribution in [-0.2, 0) is 9.09 Å². The molecule has 1 aromatic carbocycles. The molecule has 0 saturated heterocycles. The fraction of sp³-hybridized carbons (Fsp3) is 0.455. The van der Waals surface area contributed by atoms with Gasteiger partial charge in [-0.15, -0.1) is 0 Å². The summed E-state index contributed by atoms with van der Waals surface area (Å²) in [6.45, 7) is 5.28. The highest BCUT2D eigenvalue weighted by molar-refractivity contribution is 7.58. The van der Waals surface area contributed by atoms with E-state index in [0.717, 1.165) is 5.69 Å². The molecule has 0 aliphatic rings. The number of hydrogen-bond acceptors (Lipinski definition) is 2. The zero-order valence-electron chi connectivity index (χ0n) is 10.0. The molecule has 0 saturated carbocycles. The molecule has 0 spiro atoms. The lowest BCUT2D eigenvalue weighted by atomic mass is 10.3. The smallest absolute Gasteiger partial charge is 0.305 e. The second-order valence-corrected chi connectivity index (χ2v) is 5.51. The molecule has 1 N–H and O–H groups in total. The van der Waals surface area contributed by atoms with E-state index in [1.165, 1.54) is 7.11 Å². The van der Waals surface area contributed by atoms with Gasteiger partial charge in [-0.3, -0.25) is 0 Å². The van der Waals surface area contributed by atoms with Crippen molar-refractivity contribution in [3.8, 4) is 0 Å². The van der Waals surface area contributed by atoms with Gasteiger partial charge in [-0.2, -0.15) is 0 Å². The Kier molecular flexibility index (Phi) is 5.00. The lowest BCUT2D eigenvalue weighted by Gasteiger charge is -2.28. The first kappa shape index (κ1) is 13.2. The van der Waals surface area contributed by atoms with Gasteiger partial charge in [0.05, 0.1) is 0 Å². The van der Waals surface area contributed by atoms with Gasteiger partial charge < -0.3 is 9.61 Å². The van der Waals surface area contributed by atoms with Crippen molar-refractivity contribution in [2.45, 2.75) is 13.8 Å². The summed E-state index contributed by atoms with van der Waals surface area (Å²) in [6.07, 6.45) is 0. The maximum absolute atomic E-state index is 12.5. The Balaban J connectivity index is 2.86. The minimum atomic E-state index is -2.95. The van der Waals surface area contributed by atoms with Gasteiger partial charge in [0.15, 0.2) is 0 Å². The van der Waals surface area contributed by atoms with Crippen LogP contribution >= 0.6 is 7.67 Å². The second kappa shape index (κ2) is 6.04. The van der Waals surface area contributed by atoms with Crippen molar-refractivity contribution in [1.29, 1.82) is 0 Å². The van der Waals surface area contributed by atoms with Crippen LogP contribution in [0.4, 0.5) is 5.69 Å². The van der Waals surface area contributed by atoms with Crippen LogP contribution in [0, 0.1) is 0 Å². The molecule has 90 valence electrons. The van der Waals surface area contributed by atoms with Gasteiger partial charge in [-0.05, 0) is 12.1 Å². The summed E-state index contributed by atoms with van der Waals surface area (Å²) in [4.78, 5) is 0. The van der Waals surface area contributed by atoms with E-state index in [4.69, 9.17) is 4.52 Å². The molecule has 4 nitrogen and oxygen atoms in total. The average molecular weight is 242 g/mol. The third kappa shape index (κ3) is 3.08. The number of benzene rings is 1. The molecule has 0 heterocycles. The predicted octanol–water partition coefficient (Wildman–Crippen LogP) is 3.19. The summed E-state index contributed by atoms with van der Waals surface area (Å²) in [5.41, 5.74) is 0.805. The molecule has 0 aliphatic carbocycles. The van der Waals surface area contributed by atoms with Crippen molar-refractivity contribution >= 4 is 13.4 Å². The van der Waals surface area contributed by atoms with Crippen LogP contribution in [0.5, 0.6) is 0 Å². The van der Waals surface area contributed by atoms with Crippen molar-refractivity contribution in [2.75, 3.05) is 25.3 Å². The molecular weight excluding hydrogens is 223 g/mol. The summed E-state index contributed by atoms with van der Waals surface area (Å²) >= 11 is 0. The van der Waals surface area contributed by atoms with E-state index in [9.17, 15) is 4.57 Å². The lowest BCUT2D eigenvalue weighted by molar-refractivity contribution is 0.322. The van der Waals surface area contributed by atoms with E-state index in [-0.39, 0.29) is 0 Å². The molecule has 0 bridgehead atoms. The van der Waals surface area contributed by atoms with Gasteiger partial charge in [-0.1, -0.05) is 32.0 Å². The van der Waals surface area contributed by atoms with Crippen LogP contribution < -0.4 is 5.09 Å². The molecule has 16 heavy (non-hydrogen) atoms. The maximum atomic E-state index is 12.5. The van der Waals surface area contributed by atoms with E-state index >= 15 is 0 Å². The highest BCUT2D eigenvalue weighted by Crippen LogP contribution is 2.49. The average Bonchev–Trinajstić information content (AvgIpc) is 2.32. The summed E-state index contributed by atoms with van der Waals surface area (Å²) in [5.74, 6) is 0. The maximum Gasteiger partial charge on any atom is 0.368 e. The minimum Gasteiger partial charge on any atom is -0.305 e. The SMILES string of the molecule is CCN(CC)P(=O)(Nc1ccccc1)OC. The molecule has 0 aliphatic heterocycles. The Morgan fingerprint density at radius 1 is 1.25 bits per heavy atom. The summed E-state index contributed by atoms with van der Waals surface area (Å²) in [5, 5.41) is 2.97.